The van der Waals surface area contributed by atoms with Crippen molar-refractivity contribution < 1.29 is 13.9 Å². The molecule has 0 aliphatic carbocycles. The Balaban J connectivity index is 1.62. The lowest BCUT2D eigenvalue weighted by Crippen LogP contribution is -2.38. The summed E-state index contributed by atoms with van der Waals surface area (Å²) in [5.41, 5.74) is 3.03. The maximum absolute atomic E-state index is 13.5. The minimum Gasteiger partial charge on any atom is -0.493 e. The standard InChI is InChI=1S/C22H27FN4O2/c1-4-24-22(27-13-15-5-8-20(28-2)21(11-15)29-3)25-10-9-16-14-26-19-7-6-17(23)12-18(16)19/h5-8,11-12,14,26H,4,9-10,13H2,1-3H3,(H2,24,25,27). The van der Waals surface area contributed by atoms with Gasteiger partial charge in [-0.3, -0.25) is 0 Å². The Kier molecular flexibility index (Phi) is 6.94. The van der Waals surface area contributed by atoms with Crippen molar-refractivity contribution in [3.8, 4) is 11.5 Å². The number of aliphatic imine (C=N–C) groups is 1. The molecule has 0 aliphatic heterocycles. The van der Waals surface area contributed by atoms with Crippen molar-refractivity contribution in [3.63, 3.8) is 0 Å². The second-order valence-corrected chi connectivity index (χ2v) is 6.57. The predicted octanol–water partition coefficient (Wildman–Crippen LogP) is 3.62. The number of hydrogen-bond donors (Lipinski definition) is 3. The molecule has 3 aromatic rings. The van der Waals surface area contributed by atoms with Crippen LogP contribution in [-0.4, -0.2) is 38.3 Å². The number of fused-ring (bicyclic) bond motifs is 1. The number of halogens is 1. The van der Waals surface area contributed by atoms with E-state index in [2.05, 4.69) is 20.6 Å². The van der Waals surface area contributed by atoms with Crippen LogP contribution in [0.5, 0.6) is 11.5 Å². The summed E-state index contributed by atoms with van der Waals surface area (Å²) in [4.78, 5) is 7.82. The molecular weight excluding hydrogens is 371 g/mol. The number of ether oxygens (including phenoxy) is 2. The average molecular weight is 398 g/mol. The van der Waals surface area contributed by atoms with E-state index in [1.165, 1.54) is 6.07 Å². The van der Waals surface area contributed by atoms with E-state index < -0.39 is 0 Å². The Morgan fingerprint density at radius 1 is 1.07 bits per heavy atom. The lowest BCUT2D eigenvalue weighted by molar-refractivity contribution is 0.354. The van der Waals surface area contributed by atoms with Gasteiger partial charge in [-0.15, -0.1) is 0 Å². The molecule has 154 valence electrons. The van der Waals surface area contributed by atoms with Crippen LogP contribution in [0, 0.1) is 5.82 Å². The van der Waals surface area contributed by atoms with Crippen LogP contribution >= 0.6 is 0 Å². The number of aromatic nitrogens is 1. The molecule has 0 atom stereocenters. The Morgan fingerprint density at radius 2 is 1.90 bits per heavy atom. The molecule has 7 heteroatoms. The molecule has 0 saturated carbocycles. The Morgan fingerprint density at radius 3 is 2.66 bits per heavy atom. The number of H-pyrrole nitrogens is 1. The molecule has 0 fully saturated rings. The molecule has 0 spiro atoms. The zero-order valence-corrected chi connectivity index (χ0v) is 17.0. The number of nitrogens with zero attached hydrogens (tertiary/aromatic N) is 1. The summed E-state index contributed by atoms with van der Waals surface area (Å²) >= 11 is 0. The van der Waals surface area contributed by atoms with E-state index >= 15 is 0 Å². The van der Waals surface area contributed by atoms with Gasteiger partial charge in [0.25, 0.3) is 0 Å². The molecular formula is C22H27FN4O2. The van der Waals surface area contributed by atoms with Crippen molar-refractivity contribution in [3.05, 3.63) is 59.5 Å². The lowest BCUT2D eigenvalue weighted by Gasteiger charge is -2.12. The molecule has 1 aromatic heterocycles. The molecule has 29 heavy (non-hydrogen) atoms. The van der Waals surface area contributed by atoms with Crippen molar-refractivity contribution in [2.45, 2.75) is 19.9 Å². The largest absolute Gasteiger partial charge is 0.493 e. The summed E-state index contributed by atoms with van der Waals surface area (Å²) in [5, 5.41) is 7.50. The average Bonchev–Trinajstić information content (AvgIpc) is 3.13. The first-order valence-corrected chi connectivity index (χ1v) is 9.63. The third-order valence-electron chi connectivity index (χ3n) is 4.63. The van der Waals surface area contributed by atoms with Gasteiger partial charge in [-0.05, 0) is 54.8 Å². The number of methoxy groups -OCH3 is 2. The van der Waals surface area contributed by atoms with E-state index in [1.807, 2.05) is 31.3 Å². The number of rotatable bonds is 8. The van der Waals surface area contributed by atoms with Gasteiger partial charge in [-0.2, -0.15) is 0 Å². The first-order valence-electron chi connectivity index (χ1n) is 9.63. The summed E-state index contributed by atoms with van der Waals surface area (Å²) in [6.45, 7) is 3.97. The zero-order valence-electron chi connectivity index (χ0n) is 17.0. The van der Waals surface area contributed by atoms with Crippen LogP contribution in [0.15, 0.2) is 47.6 Å². The highest BCUT2D eigenvalue weighted by molar-refractivity contribution is 5.83. The van der Waals surface area contributed by atoms with Crippen LogP contribution in [0.25, 0.3) is 10.9 Å². The van der Waals surface area contributed by atoms with Gasteiger partial charge in [0, 0.05) is 30.2 Å². The normalized spacial score (nSPS) is 11.5. The predicted molar refractivity (Wildman–Crippen MR) is 114 cm³/mol. The fraction of sp³-hybridized carbons (Fsp3) is 0.318. The van der Waals surface area contributed by atoms with Gasteiger partial charge < -0.3 is 25.1 Å². The van der Waals surface area contributed by atoms with Crippen LogP contribution in [0.2, 0.25) is 0 Å². The van der Waals surface area contributed by atoms with Crippen molar-refractivity contribution in [1.82, 2.24) is 15.6 Å². The monoisotopic (exact) mass is 398 g/mol. The minimum absolute atomic E-state index is 0.226. The molecule has 1 heterocycles. The molecule has 0 bridgehead atoms. The topological polar surface area (TPSA) is 70.7 Å². The maximum atomic E-state index is 13.5. The number of hydrogen-bond acceptors (Lipinski definition) is 3. The second kappa shape index (κ2) is 9.82. The Hall–Kier alpha value is -3.22. The molecule has 0 aliphatic rings. The van der Waals surface area contributed by atoms with Gasteiger partial charge in [0.1, 0.15) is 5.82 Å². The summed E-state index contributed by atoms with van der Waals surface area (Å²) in [6, 6.07) is 10.6. The van der Waals surface area contributed by atoms with E-state index in [-0.39, 0.29) is 5.82 Å². The van der Waals surface area contributed by atoms with Crippen LogP contribution in [0.1, 0.15) is 18.1 Å². The van der Waals surface area contributed by atoms with Crippen molar-refractivity contribution in [1.29, 1.82) is 0 Å². The Bertz CT molecular complexity index is 984. The fourth-order valence-electron chi connectivity index (χ4n) is 3.16. The molecule has 6 nitrogen and oxygen atoms in total. The molecule has 2 aromatic carbocycles. The fourth-order valence-corrected chi connectivity index (χ4v) is 3.16. The van der Waals surface area contributed by atoms with Gasteiger partial charge in [0.05, 0.1) is 20.8 Å². The van der Waals surface area contributed by atoms with Crippen LogP contribution in [0.3, 0.4) is 0 Å². The summed E-state index contributed by atoms with van der Waals surface area (Å²) in [5.74, 6) is 1.88. The van der Waals surface area contributed by atoms with Crippen LogP contribution in [0.4, 0.5) is 4.39 Å². The second-order valence-electron chi connectivity index (χ2n) is 6.57. The van der Waals surface area contributed by atoms with Gasteiger partial charge in [-0.1, -0.05) is 6.07 Å². The number of nitrogens with one attached hydrogen (secondary N) is 3. The van der Waals surface area contributed by atoms with Crippen LogP contribution < -0.4 is 20.1 Å². The lowest BCUT2D eigenvalue weighted by atomic mass is 10.1. The zero-order chi connectivity index (χ0) is 20.6. The first kappa shape index (κ1) is 20.5. The highest BCUT2D eigenvalue weighted by Crippen LogP contribution is 2.27. The maximum Gasteiger partial charge on any atom is 0.191 e. The quantitative estimate of drug-likeness (QED) is 0.400. The van der Waals surface area contributed by atoms with E-state index in [0.717, 1.165) is 41.0 Å². The van der Waals surface area contributed by atoms with Crippen molar-refractivity contribution in [2.75, 3.05) is 27.3 Å². The molecule has 3 N–H and O–H groups in total. The summed E-state index contributed by atoms with van der Waals surface area (Å²) < 4.78 is 24.1. The Labute approximate surface area is 170 Å². The van der Waals surface area contributed by atoms with Crippen LogP contribution in [-0.2, 0) is 13.0 Å². The molecule has 0 saturated heterocycles. The van der Waals surface area contributed by atoms with Gasteiger partial charge in [0.15, 0.2) is 17.5 Å². The van der Waals surface area contributed by atoms with E-state index in [4.69, 9.17) is 9.47 Å². The molecule has 0 unspecified atom stereocenters. The van der Waals surface area contributed by atoms with E-state index in [0.29, 0.717) is 24.6 Å². The minimum atomic E-state index is -0.226. The third kappa shape index (κ3) is 5.19. The van der Waals surface area contributed by atoms with Gasteiger partial charge >= 0.3 is 0 Å². The SMILES string of the molecule is CCNC(=NCc1ccc(OC)c(OC)c1)NCCc1c[nH]c2ccc(F)cc12. The van der Waals surface area contributed by atoms with E-state index in [1.54, 1.807) is 26.4 Å². The molecule has 3 rings (SSSR count). The van der Waals surface area contributed by atoms with Crippen molar-refractivity contribution in [2.24, 2.45) is 4.99 Å². The van der Waals surface area contributed by atoms with E-state index in [9.17, 15) is 4.39 Å². The smallest absolute Gasteiger partial charge is 0.191 e. The highest BCUT2D eigenvalue weighted by atomic mass is 19.1. The summed E-state index contributed by atoms with van der Waals surface area (Å²) in [7, 11) is 3.23. The summed E-state index contributed by atoms with van der Waals surface area (Å²) in [6.07, 6.45) is 2.68. The van der Waals surface area contributed by atoms with Gasteiger partial charge in [0.2, 0.25) is 0 Å². The first-order chi connectivity index (χ1) is 14.1. The third-order valence-corrected chi connectivity index (χ3v) is 4.63. The molecule has 0 amide bonds. The number of benzene rings is 2. The number of guanidine groups is 1. The van der Waals surface area contributed by atoms with Gasteiger partial charge in [-0.25, -0.2) is 9.38 Å². The van der Waals surface area contributed by atoms with Crippen molar-refractivity contribution >= 4 is 16.9 Å². The molecule has 0 radical (unpaired) electrons. The number of aromatic amines is 1. The highest BCUT2D eigenvalue weighted by Gasteiger charge is 2.07.